The molecule has 0 amide bonds. The normalized spacial score (nSPS) is 18.5. The van der Waals surface area contributed by atoms with E-state index < -0.39 is 34.8 Å². The largest absolute Gasteiger partial charge is 0.480 e. The maximum atomic E-state index is 12.7. The summed E-state index contributed by atoms with van der Waals surface area (Å²) in [5.41, 5.74) is -1.93. The number of hydrogen-bond donors (Lipinski definition) is 1. The van der Waals surface area contributed by atoms with Gasteiger partial charge in [0.15, 0.2) is 0 Å². The molecule has 0 saturated carbocycles. The van der Waals surface area contributed by atoms with Crippen molar-refractivity contribution in [1.29, 1.82) is 0 Å². The Morgan fingerprint density at radius 2 is 1.00 bits per heavy atom. The van der Waals surface area contributed by atoms with Gasteiger partial charge in [-0.3, -0.25) is 24.2 Å². The lowest BCUT2D eigenvalue weighted by molar-refractivity contribution is -0.158. The first-order valence-electron chi connectivity index (χ1n) is 14.1. The zero-order chi connectivity index (χ0) is 31.6. The van der Waals surface area contributed by atoms with E-state index in [1.807, 2.05) is 9.80 Å². The van der Waals surface area contributed by atoms with Gasteiger partial charge < -0.3 is 29.1 Å². The summed E-state index contributed by atoms with van der Waals surface area (Å²) < 4.78 is 16.6. The van der Waals surface area contributed by atoms with Crippen LogP contribution in [0.2, 0.25) is 0 Å². The average Bonchev–Trinajstić information content (AvgIpc) is 2.74. The van der Waals surface area contributed by atoms with Gasteiger partial charge >= 0.3 is 23.9 Å². The number of esters is 3. The van der Waals surface area contributed by atoms with Gasteiger partial charge in [0.05, 0.1) is 13.1 Å². The quantitative estimate of drug-likeness (QED) is 0.332. The molecule has 41 heavy (non-hydrogen) atoms. The molecule has 1 aliphatic rings. The zero-order valence-electron chi connectivity index (χ0n) is 26.7. The molecule has 1 rings (SSSR count). The SMILES string of the molecule is C[C@H](C(=O)O)N1/C=C\N(CC(=O)OC(C)(C)C)CCN(CC(=O)OC(C)(C)C)CCN(CC(=O)OC(C)(C)C)CC1. The first-order valence-corrected chi connectivity index (χ1v) is 14.1. The lowest BCUT2D eigenvalue weighted by atomic mass is 10.2. The Morgan fingerprint density at radius 1 is 0.634 bits per heavy atom. The van der Waals surface area contributed by atoms with Crippen molar-refractivity contribution in [2.24, 2.45) is 0 Å². The Morgan fingerprint density at radius 3 is 1.39 bits per heavy atom. The fraction of sp³-hybridized carbons (Fsp3) is 0.793. The van der Waals surface area contributed by atoms with Gasteiger partial charge in [-0.05, 0) is 69.2 Å². The second-order valence-corrected chi connectivity index (χ2v) is 13.3. The molecule has 1 aliphatic heterocycles. The van der Waals surface area contributed by atoms with Gasteiger partial charge in [-0.25, -0.2) is 4.79 Å². The third kappa shape index (κ3) is 16.9. The van der Waals surface area contributed by atoms with E-state index in [0.717, 1.165) is 0 Å². The van der Waals surface area contributed by atoms with E-state index in [2.05, 4.69) is 0 Å². The number of hydrogen-bond acceptors (Lipinski definition) is 11. The minimum Gasteiger partial charge on any atom is -0.480 e. The monoisotopic (exact) mass is 584 g/mol. The highest BCUT2D eigenvalue weighted by Gasteiger charge is 2.25. The van der Waals surface area contributed by atoms with E-state index in [-0.39, 0.29) is 31.6 Å². The molecule has 0 aliphatic carbocycles. The van der Waals surface area contributed by atoms with Crippen LogP contribution < -0.4 is 0 Å². The molecule has 0 fully saturated rings. The predicted octanol–water partition coefficient (Wildman–Crippen LogP) is 2.18. The number of carbonyl (C=O) groups is 4. The molecule has 0 radical (unpaired) electrons. The molecule has 0 aromatic rings. The van der Waals surface area contributed by atoms with Crippen LogP contribution in [-0.4, -0.2) is 130 Å². The van der Waals surface area contributed by atoms with Crippen molar-refractivity contribution in [3.8, 4) is 0 Å². The summed E-state index contributed by atoms with van der Waals surface area (Å²) in [6, 6.07) is -0.843. The molecule has 0 aromatic carbocycles. The summed E-state index contributed by atoms with van der Waals surface area (Å²) in [4.78, 5) is 57.1. The summed E-state index contributed by atoms with van der Waals surface area (Å²) in [6.45, 7) is 20.1. The Labute approximate surface area is 245 Å². The summed E-state index contributed by atoms with van der Waals surface area (Å²) in [5.74, 6) is -2.18. The van der Waals surface area contributed by atoms with Crippen LogP contribution in [0.25, 0.3) is 0 Å². The molecule has 236 valence electrons. The molecule has 1 heterocycles. The highest BCUT2D eigenvalue weighted by atomic mass is 16.6. The Kier molecular flexibility index (Phi) is 13.6. The summed E-state index contributed by atoms with van der Waals surface area (Å²) >= 11 is 0. The van der Waals surface area contributed by atoms with Crippen LogP contribution >= 0.6 is 0 Å². The molecule has 0 spiro atoms. The van der Waals surface area contributed by atoms with Crippen molar-refractivity contribution >= 4 is 23.9 Å². The van der Waals surface area contributed by atoms with Gasteiger partial charge in [0, 0.05) is 51.7 Å². The van der Waals surface area contributed by atoms with Crippen molar-refractivity contribution in [2.45, 2.75) is 92.1 Å². The summed E-state index contributed by atoms with van der Waals surface area (Å²) in [7, 11) is 0. The second kappa shape index (κ2) is 15.4. The third-order valence-electron chi connectivity index (χ3n) is 5.73. The Hall–Kier alpha value is -2.86. The van der Waals surface area contributed by atoms with E-state index >= 15 is 0 Å². The van der Waals surface area contributed by atoms with E-state index in [0.29, 0.717) is 39.3 Å². The van der Waals surface area contributed by atoms with Gasteiger partial charge in [0.25, 0.3) is 0 Å². The van der Waals surface area contributed by atoms with Crippen molar-refractivity contribution in [1.82, 2.24) is 19.6 Å². The van der Waals surface area contributed by atoms with E-state index in [4.69, 9.17) is 14.2 Å². The molecule has 1 atom stereocenters. The third-order valence-corrected chi connectivity index (χ3v) is 5.73. The average molecular weight is 585 g/mol. The first kappa shape index (κ1) is 36.2. The molecule has 12 nitrogen and oxygen atoms in total. The Balaban J connectivity index is 3.28. The molecular formula is C29H52N4O8. The number of ether oxygens (including phenoxy) is 3. The van der Waals surface area contributed by atoms with E-state index in [9.17, 15) is 24.3 Å². The molecule has 0 aromatic heterocycles. The second-order valence-electron chi connectivity index (χ2n) is 13.3. The predicted molar refractivity (Wildman–Crippen MR) is 155 cm³/mol. The fourth-order valence-corrected chi connectivity index (χ4v) is 3.93. The number of rotatable bonds is 8. The number of carbonyl (C=O) groups excluding carboxylic acids is 3. The van der Waals surface area contributed by atoms with E-state index in [1.165, 1.54) is 0 Å². The molecule has 0 bridgehead atoms. The standard InChI is InChI=1S/C29H52N4O8/c1-22(26(37)38)33-17-15-31(20-24(35)40-28(5,6)7)13-11-30(19-23(34)39-27(2,3)4)12-14-32(16-18-33)21-25(36)41-29(8,9)10/h15,17,22H,11-14,16,18-21H2,1-10H3,(H,37,38)/b17-15-/t22-/m1/s1. The number of nitrogens with zero attached hydrogens (tertiary/aromatic N) is 4. The van der Waals surface area contributed by atoms with Gasteiger partial charge in [-0.2, -0.15) is 0 Å². The summed E-state index contributed by atoms with van der Waals surface area (Å²) in [5, 5.41) is 9.70. The van der Waals surface area contributed by atoms with Crippen molar-refractivity contribution < 1.29 is 38.5 Å². The topological polar surface area (TPSA) is 129 Å². The number of carboxylic acid groups (broad SMARTS) is 1. The zero-order valence-corrected chi connectivity index (χ0v) is 26.7. The lowest BCUT2D eigenvalue weighted by Crippen LogP contribution is -2.47. The van der Waals surface area contributed by atoms with Crippen LogP contribution in [-0.2, 0) is 33.4 Å². The van der Waals surface area contributed by atoms with Crippen LogP contribution in [0.15, 0.2) is 12.4 Å². The van der Waals surface area contributed by atoms with E-state index in [1.54, 1.807) is 91.4 Å². The Bertz CT molecular complexity index is 917. The van der Waals surface area contributed by atoms with Crippen LogP contribution in [0, 0.1) is 0 Å². The molecule has 12 heteroatoms. The van der Waals surface area contributed by atoms with Crippen molar-refractivity contribution in [3.63, 3.8) is 0 Å². The number of aliphatic carboxylic acids is 1. The summed E-state index contributed by atoms with van der Waals surface area (Å²) in [6.07, 6.45) is 3.32. The fourth-order valence-electron chi connectivity index (χ4n) is 3.93. The lowest BCUT2D eigenvalue weighted by Gasteiger charge is -2.34. The van der Waals surface area contributed by atoms with Gasteiger partial charge in [-0.1, -0.05) is 0 Å². The minimum absolute atomic E-state index is 0.0152. The minimum atomic E-state index is -0.998. The van der Waals surface area contributed by atoms with Gasteiger partial charge in [0.1, 0.15) is 29.4 Å². The van der Waals surface area contributed by atoms with Gasteiger partial charge in [0.2, 0.25) is 0 Å². The van der Waals surface area contributed by atoms with Gasteiger partial charge in [-0.15, -0.1) is 0 Å². The van der Waals surface area contributed by atoms with Crippen molar-refractivity contribution in [3.05, 3.63) is 12.4 Å². The first-order chi connectivity index (χ1) is 18.6. The van der Waals surface area contributed by atoms with Crippen LogP contribution in [0.1, 0.15) is 69.2 Å². The maximum absolute atomic E-state index is 12.7. The highest BCUT2D eigenvalue weighted by molar-refractivity contribution is 5.74. The molecular weight excluding hydrogens is 532 g/mol. The van der Waals surface area contributed by atoms with Crippen LogP contribution in [0.4, 0.5) is 0 Å². The smallest absolute Gasteiger partial charge is 0.326 e. The molecule has 1 N–H and O–H groups in total. The van der Waals surface area contributed by atoms with Crippen LogP contribution in [0.5, 0.6) is 0 Å². The maximum Gasteiger partial charge on any atom is 0.326 e. The highest BCUT2D eigenvalue weighted by Crippen LogP contribution is 2.12. The molecule has 0 saturated heterocycles. The molecule has 0 unspecified atom stereocenters. The van der Waals surface area contributed by atoms with Crippen LogP contribution in [0.3, 0.4) is 0 Å². The van der Waals surface area contributed by atoms with Crippen molar-refractivity contribution in [2.75, 3.05) is 58.9 Å². The number of carboxylic acids is 1.